The van der Waals surface area contributed by atoms with Crippen molar-refractivity contribution in [2.45, 2.75) is 103 Å². The maximum absolute atomic E-state index is 13.9. The first-order chi connectivity index (χ1) is 21.1. The normalized spacial score (nSPS) is 21.2. The lowest BCUT2D eigenvalue weighted by molar-refractivity contribution is -0.166. The first-order valence-corrected chi connectivity index (χ1v) is 16.3. The van der Waals surface area contributed by atoms with E-state index in [0.717, 1.165) is 68.2 Å². The molecular weight excluding hydrogens is 594 g/mol. The molecule has 1 spiro atoms. The number of carboxylic acids is 1. The van der Waals surface area contributed by atoms with Crippen LogP contribution in [0, 0.1) is 19.8 Å². The number of likely N-dealkylation sites (tertiary alicyclic amines) is 1. The molecule has 0 bridgehead atoms. The summed E-state index contributed by atoms with van der Waals surface area (Å²) in [6.45, 7) is 8.40. The van der Waals surface area contributed by atoms with Crippen LogP contribution in [0.4, 0.5) is 0 Å². The lowest BCUT2D eigenvalue weighted by Gasteiger charge is -2.52. The Morgan fingerprint density at radius 1 is 1.04 bits per heavy atom. The number of aliphatic hydroxyl groups is 1. The van der Waals surface area contributed by atoms with Crippen molar-refractivity contribution in [3.05, 3.63) is 58.7 Å². The van der Waals surface area contributed by atoms with Crippen molar-refractivity contribution in [2.24, 2.45) is 5.92 Å². The fourth-order valence-electron chi connectivity index (χ4n) is 7.31. The molecule has 1 saturated carbocycles. The molecule has 0 unspecified atom stereocenters. The van der Waals surface area contributed by atoms with E-state index in [-0.39, 0.29) is 35.7 Å². The number of unbranched alkanes of at least 4 members (excludes halogenated alkanes) is 1. The number of piperidine rings is 1. The first kappa shape index (κ1) is 34.7. The molecule has 246 valence electrons. The largest absolute Gasteiger partial charge is 0.478 e. The van der Waals surface area contributed by atoms with Gasteiger partial charge in [0.2, 0.25) is 11.8 Å². The van der Waals surface area contributed by atoms with E-state index in [1.807, 2.05) is 43.0 Å². The number of hydrogen-bond acceptors (Lipinski definition) is 6. The number of carboxylic acid groups (broad SMARTS) is 1. The van der Waals surface area contributed by atoms with Crippen molar-refractivity contribution < 1.29 is 29.3 Å². The van der Waals surface area contributed by atoms with Crippen LogP contribution in [0.3, 0.4) is 0 Å². The maximum atomic E-state index is 13.9. The van der Waals surface area contributed by atoms with Crippen LogP contribution in [0.2, 0.25) is 0 Å². The van der Waals surface area contributed by atoms with Gasteiger partial charge in [-0.2, -0.15) is 0 Å². The first-order valence-electron chi connectivity index (χ1n) is 16.3. The molecule has 2 atom stereocenters. The number of carbonyl (C=O) groups is 3. The smallest absolute Gasteiger partial charge is 0.335 e. The van der Waals surface area contributed by atoms with Gasteiger partial charge in [0.1, 0.15) is 23.1 Å². The fraction of sp³-hybridized carbons (Fsp3) is 0.571. The predicted molar refractivity (Wildman–Crippen MR) is 175 cm³/mol. The Balaban J connectivity index is 0.00000461. The number of amides is 2. The van der Waals surface area contributed by atoms with Gasteiger partial charge in [-0.1, -0.05) is 44.7 Å². The maximum Gasteiger partial charge on any atom is 0.335 e. The van der Waals surface area contributed by atoms with Crippen LogP contribution in [0.1, 0.15) is 91.8 Å². The Morgan fingerprint density at radius 2 is 1.67 bits per heavy atom. The van der Waals surface area contributed by atoms with Crippen molar-refractivity contribution in [1.29, 1.82) is 0 Å². The standard InChI is InChI=1S/C35H47N3O6.ClH/c1-4-5-17-38-32(40)29(30(39)26-9-7-6-8-10-26)36-34(43)35(38)15-18-37(19-16-35)22-25-11-13-28(14-12-25)44-31-23(2)20-27(33(41)42)21-24(31)3;/h11-14,20-21,26,29-30,39H,4-10,15-19,22H2,1-3H3,(H,36,43)(H,41,42);1H/t29-,30-;/m1./s1. The van der Waals surface area contributed by atoms with E-state index in [9.17, 15) is 24.6 Å². The number of benzene rings is 2. The summed E-state index contributed by atoms with van der Waals surface area (Å²) in [7, 11) is 0. The average Bonchev–Trinajstić information content (AvgIpc) is 3.02. The molecule has 5 rings (SSSR count). The van der Waals surface area contributed by atoms with E-state index in [1.165, 1.54) is 0 Å². The van der Waals surface area contributed by atoms with Crippen LogP contribution in [0.5, 0.6) is 11.5 Å². The minimum atomic E-state index is -0.960. The SMILES string of the molecule is CCCCN1C(=O)[C@@H]([C@H](O)C2CCCCC2)NC(=O)C12CCN(Cc1ccc(Oc3c(C)cc(C(=O)O)cc3C)cc1)CC2.Cl. The van der Waals surface area contributed by atoms with E-state index >= 15 is 0 Å². The Bertz CT molecular complexity index is 1330. The second-order valence-electron chi connectivity index (χ2n) is 13.0. The van der Waals surface area contributed by atoms with E-state index in [1.54, 1.807) is 12.1 Å². The number of ether oxygens (including phenoxy) is 1. The highest BCUT2D eigenvalue weighted by Gasteiger charge is 2.55. The van der Waals surface area contributed by atoms with Crippen LogP contribution < -0.4 is 10.1 Å². The van der Waals surface area contributed by atoms with E-state index in [2.05, 4.69) is 17.1 Å². The molecule has 2 aromatic carbocycles. The number of carbonyl (C=O) groups excluding carboxylic acids is 2. The van der Waals surface area contributed by atoms with Gasteiger partial charge < -0.3 is 25.2 Å². The van der Waals surface area contributed by atoms with E-state index in [4.69, 9.17) is 4.74 Å². The lowest BCUT2D eigenvalue weighted by Crippen LogP contribution is -2.75. The molecule has 3 fully saturated rings. The molecule has 45 heavy (non-hydrogen) atoms. The van der Waals surface area contributed by atoms with Gasteiger partial charge in [0.05, 0.1) is 11.7 Å². The van der Waals surface area contributed by atoms with Gasteiger partial charge >= 0.3 is 5.97 Å². The number of hydrogen-bond donors (Lipinski definition) is 3. The topological polar surface area (TPSA) is 119 Å². The number of aromatic carboxylic acids is 1. The summed E-state index contributed by atoms with van der Waals surface area (Å²) in [6.07, 6.45) is 7.14. The van der Waals surface area contributed by atoms with Gasteiger partial charge in [-0.05, 0) is 92.8 Å². The molecule has 2 aromatic rings. The number of nitrogens with zero attached hydrogens (tertiary/aromatic N) is 2. The van der Waals surface area contributed by atoms with Gasteiger partial charge in [0.25, 0.3) is 0 Å². The molecular formula is C35H48ClN3O6. The second-order valence-corrected chi connectivity index (χ2v) is 13.0. The van der Waals surface area contributed by atoms with Crippen LogP contribution in [0.15, 0.2) is 36.4 Å². The number of aryl methyl sites for hydroxylation is 2. The Morgan fingerprint density at radius 3 is 2.24 bits per heavy atom. The van der Waals surface area contributed by atoms with Crippen molar-refractivity contribution in [2.75, 3.05) is 19.6 Å². The van der Waals surface area contributed by atoms with Crippen LogP contribution >= 0.6 is 12.4 Å². The molecule has 3 aliphatic rings. The molecule has 2 aliphatic heterocycles. The highest BCUT2D eigenvalue weighted by molar-refractivity contribution is 6.00. The molecule has 3 N–H and O–H groups in total. The highest BCUT2D eigenvalue weighted by Crippen LogP contribution is 2.37. The molecule has 0 radical (unpaired) electrons. The number of aliphatic hydroxyl groups excluding tert-OH is 1. The highest BCUT2D eigenvalue weighted by atomic mass is 35.5. The molecule has 1 aliphatic carbocycles. The van der Waals surface area contributed by atoms with Crippen LogP contribution in [-0.2, 0) is 16.1 Å². The summed E-state index contributed by atoms with van der Waals surface area (Å²) in [5.41, 5.74) is 2.02. The Labute approximate surface area is 272 Å². The molecule has 9 nitrogen and oxygen atoms in total. The van der Waals surface area contributed by atoms with Gasteiger partial charge in [0, 0.05) is 26.2 Å². The van der Waals surface area contributed by atoms with Gasteiger partial charge in [0.15, 0.2) is 0 Å². The fourth-order valence-corrected chi connectivity index (χ4v) is 7.31. The number of nitrogens with one attached hydrogen (secondary N) is 1. The molecule has 10 heteroatoms. The zero-order valence-corrected chi connectivity index (χ0v) is 27.5. The van der Waals surface area contributed by atoms with Gasteiger partial charge in [-0.15, -0.1) is 12.4 Å². The molecule has 2 saturated heterocycles. The van der Waals surface area contributed by atoms with Crippen molar-refractivity contribution >= 4 is 30.2 Å². The number of rotatable bonds is 10. The van der Waals surface area contributed by atoms with Crippen molar-refractivity contribution in [3.63, 3.8) is 0 Å². The predicted octanol–water partition coefficient (Wildman–Crippen LogP) is 5.62. The zero-order chi connectivity index (χ0) is 31.4. The van der Waals surface area contributed by atoms with Gasteiger partial charge in [-0.25, -0.2) is 4.79 Å². The van der Waals surface area contributed by atoms with E-state index < -0.39 is 23.7 Å². The average molecular weight is 642 g/mol. The monoisotopic (exact) mass is 641 g/mol. The summed E-state index contributed by atoms with van der Waals surface area (Å²) in [6, 6.07) is 10.3. The van der Waals surface area contributed by atoms with Crippen LogP contribution in [-0.4, -0.2) is 75.1 Å². The minimum Gasteiger partial charge on any atom is -0.478 e. The van der Waals surface area contributed by atoms with Crippen molar-refractivity contribution in [3.8, 4) is 11.5 Å². The lowest BCUT2D eigenvalue weighted by atomic mass is 9.78. The molecule has 0 aromatic heterocycles. The van der Waals surface area contributed by atoms with Crippen LogP contribution in [0.25, 0.3) is 0 Å². The number of piperazine rings is 1. The Hall–Kier alpha value is -3.14. The third-order valence-corrected chi connectivity index (χ3v) is 9.91. The quantitative estimate of drug-likeness (QED) is 0.308. The summed E-state index contributed by atoms with van der Waals surface area (Å²) in [4.78, 5) is 43.1. The minimum absolute atomic E-state index is 0. The molecule has 2 amide bonds. The number of halogens is 1. The zero-order valence-electron chi connectivity index (χ0n) is 26.7. The van der Waals surface area contributed by atoms with Crippen molar-refractivity contribution in [1.82, 2.24) is 15.1 Å². The molecule has 2 heterocycles. The third-order valence-electron chi connectivity index (χ3n) is 9.91. The summed E-state index contributed by atoms with van der Waals surface area (Å²) < 4.78 is 6.12. The van der Waals surface area contributed by atoms with Gasteiger partial charge in [-0.3, -0.25) is 14.5 Å². The second kappa shape index (κ2) is 15.0. The van der Waals surface area contributed by atoms with E-state index in [0.29, 0.717) is 44.0 Å². The summed E-state index contributed by atoms with van der Waals surface area (Å²) >= 11 is 0. The third kappa shape index (κ3) is 7.47. The summed E-state index contributed by atoms with van der Waals surface area (Å²) in [5.74, 6) is 0.196. The Kier molecular flexibility index (Phi) is 11.6. The summed E-state index contributed by atoms with van der Waals surface area (Å²) in [5, 5.41) is 23.5.